The number of carbonyl (C=O) groups excluding carboxylic acids is 1. The van der Waals surface area contributed by atoms with E-state index in [1.54, 1.807) is 13.0 Å². The van der Waals surface area contributed by atoms with Crippen molar-refractivity contribution in [3.05, 3.63) is 53.7 Å². The Morgan fingerprint density at radius 3 is 2.47 bits per heavy atom. The molecule has 0 aliphatic heterocycles. The first-order chi connectivity index (χ1) is 9.26. The van der Waals surface area contributed by atoms with Crippen LogP contribution in [0.15, 0.2) is 42.5 Å². The van der Waals surface area contributed by atoms with Gasteiger partial charge in [0.2, 0.25) is 0 Å². The van der Waals surface area contributed by atoms with Crippen LogP contribution in [0.1, 0.15) is 29.9 Å². The van der Waals surface area contributed by atoms with E-state index in [1.165, 1.54) is 0 Å². The van der Waals surface area contributed by atoms with Gasteiger partial charge in [-0.2, -0.15) is 0 Å². The molecule has 1 heterocycles. The molecule has 3 heteroatoms. The highest BCUT2D eigenvalue weighted by Crippen LogP contribution is 2.19. The number of carbonyl (C=O) groups is 1. The van der Waals surface area contributed by atoms with Gasteiger partial charge >= 0.3 is 5.97 Å². The number of hydrogen-bond acceptors (Lipinski definition) is 3. The predicted octanol–water partition coefficient (Wildman–Crippen LogP) is 3.49. The zero-order chi connectivity index (χ0) is 13.7. The van der Waals surface area contributed by atoms with Crippen LogP contribution in [0.4, 0.5) is 0 Å². The van der Waals surface area contributed by atoms with E-state index in [1.807, 2.05) is 43.3 Å². The summed E-state index contributed by atoms with van der Waals surface area (Å²) in [6, 6.07) is 13.6. The van der Waals surface area contributed by atoms with Crippen LogP contribution in [-0.2, 0) is 11.2 Å². The van der Waals surface area contributed by atoms with Crippen molar-refractivity contribution in [3.63, 3.8) is 0 Å². The molecule has 3 nitrogen and oxygen atoms in total. The number of hydrogen-bond donors (Lipinski definition) is 0. The van der Waals surface area contributed by atoms with E-state index in [9.17, 15) is 4.79 Å². The zero-order valence-corrected chi connectivity index (χ0v) is 11.2. The van der Waals surface area contributed by atoms with Crippen LogP contribution < -0.4 is 0 Å². The van der Waals surface area contributed by atoms with Crippen molar-refractivity contribution in [2.75, 3.05) is 6.61 Å². The Morgan fingerprint density at radius 2 is 1.84 bits per heavy atom. The molecule has 1 aromatic heterocycles. The minimum atomic E-state index is -0.300. The molecule has 0 amide bonds. The number of pyridine rings is 1. The number of aromatic nitrogens is 1. The van der Waals surface area contributed by atoms with Crippen molar-refractivity contribution in [2.24, 2.45) is 0 Å². The van der Waals surface area contributed by atoms with Crippen LogP contribution in [0.5, 0.6) is 0 Å². The van der Waals surface area contributed by atoms with E-state index in [0.717, 1.165) is 17.0 Å². The second kappa shape index (κ2) is 6.14. The number of nitrogens with zero attached hydrogens (tertiary/aromatic N) is 1. The molecule has 0 fully saturated rings. The van der Waals surface area contributed by atoms with Crippen molar-refractivity contribution in [3.8, 4) is 11.3 Å². The fraction of sp³-hybridized carbons (Fsp3) is 0.250. The number of ether oxygens (including phenoxy) is 1. The van der Waals surface area contributed by atoms with Gasteiger partial charge in [0.15, 0.2) is 0 Å². The lowest BCUT2D eigenvalue weighted by Gasteiger charge is -2.09. The Labute approximate surface area is 113 Å². The molecule has 0 bridgehead atoms. The average molecular weight is 255 g/mol. The van der Waals surface area contributed by atoms with Gasteiger partial charge in [0, 0.05) is 5.56 Å². The Bertz CT molecular complexity index is 564. The molecule has 0 N–H and O–H groups in total. The summed E-state index contributed by atoms with van der Waals surface area (Å²) in [5.41, 5.74) is 3.27. The van der Waals surface area contributed by atoms with Gasteiger partial charge in [-0.05, 0) is 25.5 Å². The molecule has 2 rings (SSSR count). The molecule has 19 heavy (non-hydrogen) atoms. The van der Waals surface area contributed by atoms with Gasteiger partial charge in [0.05, 0.1) is 23.6 Å². The standard InChI is InChI=1S/C16H17NO2/c1-3-14-13(16(18)19-4-2)10-11-15(17-14)12-8-6-5-7-9-12/h5-11H,3-4H2,1-2H3. The van der Waals surface area contributed by atoms with Gasteiger partial charge in [-0.15, -0.1) is 0 Å². The predicted molar refractivity (Wildman–Crippen MR) is 75.0 cm³/mol. The largest absolute Gasteiger partial charge is 0.462 e. The lowest BCUT2D eigenvalue weighted by molar-refractivity contribution is 0.0524. The highest BCUT2D eigenvalue weighted by atomic mass is 16.5. The fourth-order valence-corrected chi connectivity index (χ4v) is 1.94. The van der Waals surface area contributed by atoms with E-state index < -0.39 is 0 Å². The molecule has 2 aromatic rings. The molecular weight excluding hydrogens is 238 g/mol. The number of esters is 1. The van der Waals surface area contributed by atoms with Gasteiger partial charge in [-0.3, -0.25) is 4.98 Å². The lowest BCUT2D eigenvalue weighted by Crippen LogP contribution is -2.09. The van der Waals surface area contributed by atoms with E-state index in [4.69, 9.17) is 4.74 Å². The Morgan fingerprint density at radius 1 is 1.11 bits per heavy atom. The van der Waals surface area contributed by atoms with Crippen LogP contribution in [0.2, 0.25) is 0 Å². The van der Waals surface area contributed by atoms with Gasteiger partial charge < -0.3 is 4.74 Å². The molecular formula is C16H17NO2. The summed E-state index contributed by atoms with van der Waals surface area (Å²) < 4.78 is 5.04. The molecule has 0 aliphatic rings. The number of benzene rings is 1. The third-order valence-electron chi connectivity index (χ3n) is 2.87. The fourth-order valence-electron chi connectivity index (χ4n) is 1.94. The van der Waals surface area contributed by atoms with Crippen LogP contribution in [-0.4, -0.2) is 17.6 Å². The SMILES string of the molecule is CCOC(=O)c1ccc(-c2ccccc2)nc1CC. The van der Waals surface area contributed by atoms with E-state index in [-0.39, 0.29) is 5.97 Å². The summed E-state index contributed by atoms with van der Waals surface area (Å²) in [6.45, 7) is 4.16. The molecule has 0 saturated carbocycles. The monoisotopic (exact) mass is 255 g/mol. The summed E-state index contributed by atoms with van der Waals surface area (Å²) >= 11 is 0. The first-order valence-electron chi connectivity index (χ1n) is 6.48. The number of aryl methyl sites for hydroxylation is 1. The molecule has 0 aliphatic carbocycles. The summed E-state index contributed by atoms with van der Waals surface area (Å²) in [5, 5.41) is 0. The van der Waals surface area contributed by atoms with Crippen LogP contribution in [0, 0.1) is 0 Å². The zero-order valence-electron chi connectivity index (χ0n) is 11.2. The van der Waals surface area contributed by atoms with Crippen molar-refractivity contribution < 1.29 is 9.53 Å². The van der Waals surface area contributed by atoms with Gasteiger partial charge in [0.1, 0.15) is 0 Å². The molecule has 0 unspecified atom stereocenters. The second-order valence-corrected chi connectivity index (χ2v) is 4.13. The maximum Gasteiger partial charge on any atom is 0.339 e. The summed E-state index contributed by atoms with van der Waals surface area (Å²) in [7, 11) is 0. The first kappa shape index (κ1) is 13.3. The summed E-state index contributed by atoms with van der Waals surface area (Å²) in [4.78, 5) is 16.4. The average Bonchev–Trinajstić information content (AvgIpc) is 2.47. The third kappa shape index (κ3) is 2.99. The van der Waals surface area contributed by atoms with E-state index in [2.05, 4.69) is 4.98 Å². The van der Waals surface area contributed by atoms with Crippen LogP contribution in [0.3, 0.4) is 0 Å². The van der Waals surface area contributed by atoms with Gasteiger partial charge in [-0.1, -0.05) is 37.3 Å². The molecule has 1 aromatic carbocycles. The minimum Gasteiger partial charge on any atom is -0.462 e. The second-order valence-electron chi connectivity index (χ2n) is 4.13. The molecule has 0 atom stereocenters. The van der Waals surface area contributed by atoms with Crippen molar-refractivity contribution in [2.45, 2.75) is 20.3 Å². The molecule has 0 radical (unpaired) electrons. The molecule has 0 saturated heterocycles. The summed E-state index contributed by atoms with van der Waals surface area (Å²) in [6.07, 6.45) is 0.703. The third-order valence-corrected chi connectivity index (χ3v) is 2.87. The van der Waals surface area contributed by atoms with Gasteiger partial charge in [-0.25, -0.2) is 4.79 Å². The van der Waals surface area contributed by atoms with E-state index >= 15 is 0 Å². The van der Waals surface area contributed by atoms with Gasteiger partial charge in [0.25, 0.3) is 0 Å². The maximum atomic E-state index is 11.8. The normalized spacial score (nSPS) is 10.2. The Kier molecular flexibility index (Phi) is 4.29. The Balaban J connectivity index is 2.39. The van der Waals surface area contributed by atoms with Crippen molar-refractivity contribution in [1.82, 2.24) is 4.98 Å². The minimum absolute atomic E-state index is 0.300. The van der Waals surface area contributed by atoms with E-state index in [0.29, 0.717) is 18.6 Å². The van der Waals surface area contributed by atoms with Crippen molar-refractivity contribution >= 4 is 5.97 Å². The maximum absolute atomic E-state index is 11.8. The van der Waals surface area contributed by atoms with Crippen molar-refractivity contribution in [1.29, 1.82) is 0 Å². The lowest BCUT2D eigenvalue weighted by atomic mass is 10.1. The first-order valence-corrected chi connectivity index (χ1v) is 6.48. The Hall–Kier alpha value is -2.16. The molecule has 98 valence electrons. The topological polar surface area (TPSA) is 39.2 Å². The van der Waals surface area contributed by atoms with Crippen LogP contribution in [0.25, 0.3) is 11.3 Å². The highest BCUT2D eigenvalue weighted by Gasteiger charge is 2.13. The van der Waals surface area contributed by atoms with Crippen LogP contribution >= 0.6 is 0 Å². The molecule has 0 spiro atoms. The quantitative estimate of drug-likeness (QED) is 0.785. The highest BCUT2D eigenvalue weighted by molar-refractivity contribution is 5.91. The smallest absolute Gasteiger partial charge is 0.339 e. The number of rotatable bonds is 4. The summed E-state index contributed by atoms with van der Waals surface area (Å²) in [5.74, 6) is -0.300.